The zero-order valence-corrected chi connectivity index (χ0v) is 15.1. The van der Waals surface area contributed by atoms with E-state index in [1.54, 1.807) is 0 Å². The molecule has 1 aromatic heterocycles. The molecule has 1 atom stereocenters. The number of benzene rings is 1. The molecule has 6 nitrogen and oxygen atoms in total. The van der Waals surface area contributed by atoms with Gasteiger partial charge in [0.15, 0.2) is 5.12 Å². The van der Waals surface area contributed by atoms with Crippen molar-refractivity contribution in [1.29, 1.82) is 0 Å². The van der Waals surface area contributed by atoms with Gasteiger partial charge in [0.25, 0.3) is 0 Å². The lowest BCUT2D eigenvalue weighted by Gasteiger charge is -2.16. The molecular formula is C18H23N3O3S. The first-order chi connectivity index (χ1) is 12.1. The maximum atomic E-state index is 12.9. The van der Waals surface area contributed by atoms with Crippen molar-refractivity contribution >= 4 is 16.9 Å². The van der Waals surface area contributed by atoms with Crippen LogP contribution in [-0.4, -0.2) is 25.2 Å². The molecule has 0 spiro atoms. The summed E-state index contributed by atoms with van der Waals surface area (Å²) in [7, 11) is 0. The van der Waals surface area contributed by atoms with Gasteiger partial charge in [0, 0.05) is 12.7 Å². The molecule has 0 bridgehead atoms. The minimum atomic E-state index is -0.387. The van der Waals surface area contributed by atoms with Crippen LogP contribution in [0.5, 0.6) is 0 Å². The fraction of sp³-hybridized carbons (Fsp3) is 0.500. The van der Waals surface area contributed by atoms with Gasteiger partial charge in [-0.1, -0.05) is 54.9 Å². The van der Waals surface area contributed by atoms with Gasteiger partial charge in [-0.3, -0.25) is 4.79 Å². The Balaban J connectivity index is 1.93. The lowest BCUT2D eigenvalue weighted by molar-refractivity contribution is -0.109. The highest BCUT2D eigenvalue weighted by Gasteiger charge is 2.25. The molecule has 1 fully saturated rings. The Morgan fingerprint density at radius 1 is 1.24 bits per heavy atom. The third-order valence-electron chi connectivity index (χ3n) is 4.70. The largest absolute Gasteiger partial charge is 0.347 e. The molecule has 0 aliphatic heterocycles. The maximum Gasteiger partial charge on any atom is 0.347 e. The van der Waals surface area contributed by atoms with Crippen molar-refractivity contribution in [2.45, 2.75) is 51.1 Å². The average Bonchev–Trinajstić information content (AvgIpc) is 3.21. The molecule has 2 aromatic rings. The number of thioether (sulfide) groups is 1. The topological polar surface area (TPSA) is 76.9 Å². The van der Waals surface area contributed by atoms with Crippen molar-refractivity contribution in [3.05, 3.63) is 56.9 Å². The Hall–Kier alpha value is -2.02. The van der Waals surface area contributed by atoms with E-state index < -0.39 is 0 Å². The second-order valence-electron chi connectivity index (χ2n) is 6.52. The molecule has 134 valence electrons. The molecule has 3 rings (SSSR count). The van der Waals surface area contributed by atoms with Gasteiger partial charge in [-0.2, -0.15) is 0 Å². The van der Waals surface area contributed by atoms with Crippen molar-refractivity contribution in [3.63, 3.8) is 0 Å². The molecular weight excluding hydrogens is 338 g/mol. The third kappa shape index (κ3) is 4.15. The lowest BCUT2D eigenvalue weighted by Crippen LogP contribution is -2.35. The quantitative estimate of drug-likeness (QED) is 0.858. The number of nitrogens with one attached hydrogen (secondary N) is 1. The van der Waals surface area contributed by atoms with Crippen LogP contribution in [0.15, 0.2) is 39.9 Å². The molecule has 1 heterocycles. The summed E-state index contributed by atoms with van der Waals surface area (Å²) in [4.78, 5) is 36.7. The Bertz CT molecular complexity index is 831. The first-order valence-electron chi connectivity index (χ1n) is 8.66. The molecule has 0 amide bonds. The highest BCUT2D eigenvalue weighted by molar-refractivity contribution is 8.13. The highest BCUT2D eigenvalue weighted by Crippen LogP contribution is 2.27. The number of hydrogen-bond donors (Lipinski definition) is 1. The van der Waals surface area contributed by atoms with Crippen LogP contribution in [0.1, 0.15) is 50.3 Å². The minimum Gasteiger partial charge on any atom is -0.288 e. The van der Waals surface area contributed by atoms with Crippen molar-refractivity contribution in [2.75, 3.05) is 5.75 Å². The van der Waals surface area contributed by atoms with Gasteiger partial charge in [-0.05, 0) is 24.8 Å². The van der Waals surface area contributed by atoms with E-state index >= 15 is 0 Å². The lowest BCUT2D eigenvalue weighted by atomic mass is 10.1. The molecule has 1 aliphatic rings. The predicted molar refractivity (Wildman–Crippen MR) is 99.1 cm³/mol. The van der Waals surface area contributed by atoms with Crippen molar-refractivity contribution in [2.24, 2.45) is 0 Å². The van der Waals surface area contributed by atoms with Crippen LogP contribution in [-0.2, 0) is 11.2 Å². The molecule has 1 aliphatic carbocycles. The Kier molecular flexibility index (Phi) is 5.63. The SMILES string of the molecule is CC(=O)SCC(Cc1ccccc1)n1c(=O)[nH]n(C2CCCC2)c1=O. The first kappa shape index (κ1) is 17.8. The van der Waals surface area contributed by atoms with Crippen LogP contribution in [0.3, 0.4) is 0 Å². The number of rotatable bonds is 6. The second kappa shape index (κ2) is 7.91. The van der Waals surface area contributed by atoms with E-state index in [1.165, 1.54) is 16.2 Å². The summed E-state index contributed by atoms with van der Waals surface area (Å²) in [5, 5.41) is 2.71. The average molecular weight is 361 g/mol. The summed E-state index contributed by atoms with van der Waals surface area (Å²) in [6.07, 6.45) is 4.55. The van der Waals surface area contributed by atoms with Gasteiger partial charge < -0.3 is 0 Å². The monoisotopic (exact) mass is 361 g/mol. The molecule has 7 heteroatoms. The van der Waals surface area contributed by atoms with Crippen LogP contribution in [0.2, 0.25) is 0 Å². The third-order valence-corrected chi connectivity index (χ3v) is 5.65. The van der Waals surface area contributed by atoms with Gasteiger partial charge >= 0.3 is 11.4 Å². The highest BCUT2D eigenvalue weighted by atomic mass is 32.2. The molecule has 1 N–H and O–H groups in total. The summed E-state index contributed by atoms with van der Waals surface area (Å²) >= 11 is 1.15. The van der Waals surface area contributed by atoms with E-state index in [0.717, 1.165) is 43.0 Å². The Labute approximate surface area is 150 Å². The van der Waals surface area contributed by atoms with E-state index in [1.807, 2.05) is 30.3 Å². The van der Waals surface area contributed by atoms with E-state index in [0.29, 0.717) is 12.2 Å². The van der Waals surface area contributed by atoms with Crippen LogP contribution in [0.4, 0.5) is 0 Å². The zero-order valence-electron chi connectivity index (χ0n) is 14.3. The molecule has 1 aromatic carbocycles. The standard InChI is InChI=1S/C18H23N3O3S/c1-13(22)25-12-16(11-14-7-3-2-4-8-14)20-17(23)19-21(18(20)24)15-9-5-6-10-15/h2-4,7-8,15-16H,5-6,9-12H2,1H3,(H,19,23). The molecule has 25 heavy (non-hydrogen) atoms. The summed E-state index contributed by atoms with van der Waals surface area (Å²) in [5.41, 5.74) is 0.362. The summed E-state index contributed by atoms with van der Waals surface area (Å²) < 4.78 is 2.78. The zero-order chi connectivity index (χ0) is 17.8. The van der Waals surface area contributed by atoms with E-state index in [2.05, 4.69) is 5.10 Å². The van der Waals surface area contributed by atoms with Crippen molar-refractivity contribution < 1.29 is 4.79 Å². The van der Waals surface area contributed by atoms with Crippen LogP contribution < -0.4 is 11.4 Å². The Morgan fingerprint density at radius 2 is 1.92 bits per heavy atom. The van der Waals surface area contributed by atoms with E-state index in [9.17, 15) is 14.4 Å². The van der Waals surface area contributed by atoms with Crippen LogP contribution in [0, 0.1) is 0 Å². The summed E-state index contributed by atoms with van der Waals surface area (Å²) in [6, 6.07) is 9.47. The van der Waals surface area contributed by atoms with Gasteiger partial charge in [-0.25, -0.2) is 23.9 Å². The maximum absolute atomic E-state index is 12.9. The molecule has 1 unspecified atom stereocenters. The second-order valence-corrected chi connectivity index (χ2v) is 7.72. The minimum absolute atomic E-state index is 0.0160. The predicted octanol–water partition coefficient (Wildman–Crippen LogP) is 2.52. The smallest absolute Gasteiger partial charge is 0.288 e. The van der Waals surface area contributed by atoms with Gasteiger partial charge in [-0.15, -0.1) is 0 Å². The molecule has 1 saturated carbocycles. The normalized spacial score (nSPS) is 16.2. The van der Waals surface area contributed by atoms with Gasteiger partial charge in [0.1, 0.15) is 0 Å². The number of nitrogens with zero attached hydrogens (tertiary/aromatic N) is 2. The molecule has 0 radical (unpaired) electrons. The van der Waals surface area contributed by atoms with Crippen LogP contribution >= 0.6 is 11.8 Å². The van der Waals surface area contributed by atoms with Crippen molar-refractivity contribution in [3.8, 4) is 0 Å². The summed E-state index contributed by atoms with van der Waals surface area (Å²) in [5.74, 6) is 0.405. The number of aromatic nitrogens is 3. The first-order valence-corrected chi connectivity index (χ1v) is 9.65. The number of carbonyl (C=O) groups is 1. The van der Waals surface area contributed by atoms with E-state index in [4.69, 9.17) is 0 Å². The number of H-pyrrole nitrogens is 1. The van der Waals surface area contributed by atoms with Gasteiger partial charge in [0.05, 0.1) is 12.1 Å². The molecule has 0 saturated heterocycles. The fourth-order valence-electron chi connectivity index (χ4n) is 3.46. The van der Waals surface area contributed by atoms with Crippen molar-refractivity contribution in [1.82, 2.24) is 14.3 Å². The Morgan fingerprint density at radius 3 is 2.56 bits per heavy atom. The van der Waals surface area contributed by atoms with Gasteiger partial charge in [0.2, 0.25) is 0 Å². The summed E-state index contributed by atoms with van der Waals surface area (Å²) in [6.45, 7) is 1.50. The number of aromatic amines is 1. The number of hydrogen-bond acceptors (Lipinski definition) is 4. The fourth-order valence-corrected chi connectivity index (χ4v) is 4.16. The van der Waals surface area contributed by atoms with Crippen LogP contribution in [0.25, 0.3) is 0 Å². The van der Waals surface area contributed by atoms with E-state index in [-0.39, 0.29) is 28.6 Å². The number of carbonyl (C=O) groups excluding carboxylic acids is 1.